The summed E-state index contributed by atoms with van der Waals surface area (Å²) in [5.41, 5.74) is 1.07. The van der Waals surface area contributed by atoms with Crippen molar-refractivity contribution in [1.82, 2.24) is 9.47 Å². The number of piperidine rings is 1. The molecule has 1 aliphatic rings. The minimum absolute atomic E-state index is 0.158. The van der Waals surface area contributed by atoms with Gasteiger partial charge in [-0.3, -0.25) is 4.79 Å². The number of halogens is 1. The molecule has 3 nitrogen and oxygen atoms in total. The maximum Gasteiger partial charge on any atom is 0.253 e. The number of likely N-dealkylation sites (tertiary alicyclic amines) is 1. The first kappa shape index (κ1) is 15.2. The van der Waals surface area contributed by atoms with Crippen LogP contribution >= 0.6 is 0 Å². The molecule has 0 atom stereocenters. The first-order valence-corrected chi connectivity index (χ1v) is 7.60. The SMILES string of the molecule is CC(C)Cc1cccn(C2CCN(CCF)CC2)c1=O. The van der Waals surface area contributed by atoms with Gasteiger partial charge in [-0.2, -0.15) is 0 Å². The van der Waals surface area contributed by atoms with Gasteiger partial charge >= 0.3 is 0 Å². The molecule has 2 rings (SSSR count). The zero-order valence-electron chi connectivity index (χ0n) is 12.5. The summed E-state index contributed by atoms with van der Waals surface area (Å²) >= 11 is 0. The molecule has 1 aliphatic heterocycles. The standard InChI is InChI=1S/C16H25FN2O/c1-13(2)12-14-4-3-8-19(16(14)20)15-5-9-18(10-6-15)11-7-17/h3-4,8,13,15H,5-7,9-12H2,1-2H3. The highest BCUT2D eigenvalue weighted by molar-refractivity contribution is 5.12. The third kappa shape index (κ3) is 3.69. The van der Waals surface area contributed by atoms with E-state index in [-0.39, 0.29) is 18.3 Å². The lowest BCUT2D eigenvalue weighted by atomic mass is 10.0. The summed E-state index contributed by atoms with van der Waals surface area (Å²) in [7, 11) is 0. The maximum absolute atomic E-state index is 12.5. The third-order valence-corrected chi connectivity index (χ3v) is 4.03. The Morgan fingerprint density at radius 1 is 1.35 bits per heavy atom. The molecule has 0 aromatic carbocycles. The molecule has 112 valence electrons. The van der Waals surface area contributed by atoms with Gasteiger partial charge in [0.05, 0.1) is 0 Å². The van der Waals surface area contributed by atoms with Gasteiger partial charge < -0.3 is 9.47 Å². The van der Waals surface area contributed by atoms with Gasteiger partial charge in [0.1, 0.15) is 6.67 Å². The molecule has 1 saturated heterocycles. The monoisotopic (exact) mass is 280 g/mol. The second-order valence-corrected chi connectivity index (χ2v) is 6.11. The Balaban J connectivity index is 2.08. The van der Waals surface area contributed by atoms with Gasteiger partial charge in [0.2, 0.25) is 0 Å². The molecule has 0 spiro atoms. The number of alkyl halides is 1. The van der Waals surface area contributed by atoms with Gasteiger partial charge in [0.25, 0.3) is 5.56 Å². The zero-order chi connectivity index (χ0) is 14.5. The van der Waals surface area contributed by atoms with Crippen LogP contribution in [0, 0.1) is 5.92 Å². The molecule has 2 heterocycles. The third-order valence-electron chi connectivity index (χ3n) is 4.03. The second kappa shape index (κ2) is 7.02. The van der Waals surface area contributed by atoms with Gasteiger partial charge in [-0.1, -0.05) is 19.9 Å². The highest BCUT2D eigenvalue weighted by Gasteiger charge is 2.21. The van der Waals surface area contributed by atoms with E-state index in [1.54, 1.807) is 0 Å². The van der Waals surface area contributed by atoms with Crippen LogP contribution in [0.1, 0.15) is 38.3 Å². The quantitative estimate of drug-likeness (QED) is 0.828. The Morgan fingerprint density at radius 2 is 2.05 bits per heavy atom. The molecular weight excluding hydrogens is 255 g/mol. The van der Waals surface area contributed by atoms with E-state index in [1.165, 1.54) is 0 Å². The van der Waals surface area contributed by atoms with Gasteiger partial charge in [-0.15, -0.1) is 0 Å². The van der Waals surface area contributed by atoms with Crippen LogP contribution in [0.4, 0.5) is 4.39 Å². The summed E-state index contributed by atoms with van der Waals surface area (Å²) in [6, 6.07) is 4.19. The topological polar surface area (TPSA) is 25.2 Å². The molecule has 0 N–H and O–H groups in total. The lowest BCUT2D eigenvalue weighted by molar-refractivity contribution is 0.173. The highest BCUT2D eigenvalue weighted by Crippen LogP contribution is 2.21. The molecule has 1 aromatic rings. The molecule has 0 radical (unpaired) electrons. The smallest absolute Gasteiger partial charge is 0.253 e. The number of nitrogens with zero attached hydrogens (tertiary/aromatic N) is 2. The van der Waals surface area contributed by atoms with Crippen LogP contribution in [0.2, 0.25) is 0 Å². The van der Waals surface area contributed by atoms with Gasteiger partial charge in [0.15, 0.2) is 0 Å². The largest absolute Gasteiger partial charge is 0.312 e. The van der Waals surface area contributed by atoms with Crippen molar-refractivity contribution in [3.05, 3.63) is 34.2 Å². The van der Waals surface area contributed by atoms with E-state index >= 15 is 0 Å². The first-order chi connectivity index (χ1) is 9.61. The van der Waals surface area contributed by atoms with E-state index in [0.29, 0.717) is 12.5 Å². The van der Waals surface area contributed by atoms with Crippen molar-refractivity contribution < 1.29 is 4.39 Å². The molecule has 0 unspecified atom stereocenters. The van der Waals surface area contributed by atoms with E-state index in [1.807, 2.05) is 22.9 Å². The van der Waals surface area contributed by atoms with E-state index in [9.17, 15) is 9.18 Å². The van der Waals surface area contributed by atoms with Crippen molar-refractivity contribution in [2.45, 2.75) is 39.2 Å². The van der Waals surface area contributed by atoms with Crippen molar-refractivity contribution in [2.24, 2.45) is 5.92 Å². The summed E-state index contributed by atoms with van der Waals surface area (Å²) in [6.45, 7) is 6.27. The maximum atomic E-state index is 12.5. The minimum atomic E-state index is -0.283. The summed E-state index contributed by atoms with van der Waals surface area (Å²) in [5, 5.41) is 0. The Hall–Kier alpha value is -1.16. The predicted molar refractivity (Wildman–Crippen MR) is 79.9 cm³/mol. The fraction of sp³-hybridized carbons (Fsp3) is 0.688. The Morgan fingerprint density at radius 3 is 2.65 bits per heavy atom. The van der Waals surface area contributed by atoms with Crippen LogP contribution in [0.5, 0.6) is 0 Å². The average molecular weight is 280 g/mol. The van der Waals surface area contributed by atoms with E-state index in [2.05, 4.69) is 18.7 Å². The molecule has 0 amide bonds. The highest BCUT2D eigenvalue weighted by atomic mass is 19.1. The molecule has 4 heteroatoms. The lowest BCUT2D eigenvalue weighted by Crippen LogP contribution is -2.38. The van der Waals surface area contributed by atoms with E-state index < -0.39 is 0 Å². The Kier molecular flexibility index (Phi) is 5.35. The van der Waals surface area contributed by atoms with Crippen LogP contribution in [0.3, 0.4) is 0 Å². The number of pyridine rings is 1. The predicted octanol–water partition coefficient (Wildman–Crippen LogP) is 2.65. The number of hydrogen-bond acceptors (Lipinski definition) is 2. The van der Waals surface area contributed by atoms with Crippen molar-refractivity contribution >= 4 is 0 Å². The van der Waals surface area contributed by atoms with Crippen molar-refractivity contribution in [3.8, 4) is 0 Å². The van der Waals surface area contributed by atoms with Gasteiger partial charge in [-0.25, -0.2) is 4.39 Å². The fourth-order valence-electron chi connectivity index (χ4n) is 2.98. The van der Waals surface area contributed by atoms with Crippen LogP contribution in [-0.2, 0) is 6.42 Å². The lowest BCUT2D eigenvalue weighted by Gasteiger charge is -2.32. The summed E-state index contributed by atoms with van der Waals surface area (Å²) in [4.78, 5) is 14.6. The summed E-state index contributed by atoms with van der Waals surface area (Å²) in [6.07, 6.45) is 4.61. The average Bonchev–Trinajstić information content (AvgIpc) is 2.42. The second-order valence-electron chi connectivity index (χ2n) is 6.11. The number of aromatic nitrogens is 1. The van der Waals surface area contributed by atoms with Crippen LogP contribution in [0.25, 0.3) is 0 Å². The molecule has 0 bridgehead atoms. The fourth-order valence-corrected chi connectivity index (χ4v) is 2.98. The molecule has 20 heavy (non-hydrogen) atoms. The molecule has 0 aliphatic carbocycles. The summed E-state index contributed by atoms with van der Waals surface area (Å²) in [5.74, 6) is 0.491. The first-order valence-electron chi connectivity index (χ1n) is 7.60. The molecule has 1 aromatic heterocycles. The van der Waals surface area contributed by atoms with Crippen LogP contribution in [-0.4, -0.2) is 35.8 Å². The molecule has 1 fully saturated rings. The van der Waals surface area contributed by atoms with Crippen LogP contribution < -0.4 is 5.56 Å². The van der Waals surface area contributed by atoms with Crippen LogP contribution in [0.15, 0.2) is 23.1 Å². The van der Waals surface area contributed by atoms with Gasteiger partial charge in [0, 0.05) is 37.4 Å². The molecular formula is C16H25FN2O. The number of hydrogen-bond donors (Lipinski definition) is 0. The normalized spacial score (nSPS) is 17.8. The van der Waals surface area contributed by atoms with E-state index in [0.717, 1.165) is 37.9 Å². The number of rotatable bonds is 5. The minimum Gasteiger partial charge on any atom is -0.312 e. The van der Waals surface area contributed by atoms with Crippen molar-refractivity contribution in [1.29, 1.82) is 0 Å². The zero-order valence-corrected chi connectivity index (χ0v) is 12.5. The van der Waals surface area contributed by atoms with E-state index in [4.69, 9.17) is 0 Å². The Bertz CT molecular complexity index is 476. The summed E-state index contributed by atoms with van der Waals surface area (Å²) < 4.78 is 14.2. The molecule has 0 saturated carbocycles. The van der Waals surface area contributed by atoms with Crippen molar-refractivity contribution in [3.63, 3.8) is 0 Å². The Labute approximate surface area is 120 Å². The van der Waals surface area contributed by atoms with Crippen molar-refractivity contribution in [2.75, 3.05) is 26.3 Å². The van der Waals surface area contributed by atoms with Gasteiger partial charge in [-0.05, 0) is 31.2 Å².